The van der Waals surface area contributed by atoms with Crippen LogP contribution in [0.4, 0.5) is 0 Å². The molecular weight excluding hydrogens is 452 g/mol. The Morgan fingerprint density at radius 3 is 2.47 bits per heavy atom. The molecule has 36 heavy (non-hydrogen) atoms. The van der Waals surface area contributed by atoms with Crippen LogP contribution in [-0.4, -0.2) is 71.1 Å². The summed E-state index contributed by atoms with van der Waals surface area (Å²) in [7, 11) is 1.65. The SMILES string of the molecule is COc1ccc2cc3n(c2c1)C[C@](C)(C(=O)NC1CCCCC1)N(CCCN1CCCCCC1)C3=O. The Morgan fingerprint density at radius 2 is 1.75 bits per heavy atom. The molecule has 2 aliphatic heterocycles. The van der Waals surface area contributed by atoms with E-state index in [1.807, 2.05) is 40.7 Å². The van der Waals surface area contributed by atoms with Gasteiger partial charge in [-0.2, -0.15) is 0 Å². The number of methoxy groups -OCH3 is 1. The average molecular weight is 495 g/mol. The van der Waals surface area contributed by atoms with Gasteiger partial charge in [-0.3, -0.25) is 9.59 Å². The highest BCUT2D eigenvalue weighted by molar-refractivity contribution is 6.03. The highest BCUT2D eigenvalue weighted by Gasteiger charge is 2.48. The van der Waals surface area contributed by atoms with Crippen molar-refractivity contribution in [2.75, 3.05) is 33.3 Å². The van der Waals surface area contributed by atoms with Crippen LogP contribution in [0.5, 0.6) is 5.75 Å². The number of carbonyl (C=O) groups excluding carboxylic acids is 2. The standard InChI is InChI=1S/C29H42N4O3/c1-29(28(35)30-23-11-6-5-7-12-23)21-32-25-20-24(36-2)14-13-22(25)19-26(32)27(34)33(29)18-10-17-31-15-8-3-4-9-16-31/h13-14,19-20,23H,3-12,15-18,21H2,1-2H3,(H,30,35)/t29-/m1/s1. The van der Waals surface area contributed by atoms with Crippen LogP contribution in [0.15, 0.2) is 24.3 Å². The fourth-order valence-corrected chi connectivity index (χ4v) is 6.41. The van der Waals surface area contributed by atoms with Gasteiger partial charge in [-0.15, -0.1) is 0 Å². The molecule has 3 aliphatic rings. The van der Waals surface area contributed by atoms with Gasteiger partial charge in [-0.25, -0.2) is 0 Å². The zero-order chi connectivity index (χ0) is 25.1. The van der Waals surface area contributed by atoms with Crippen molar-refractivity contribution in [2.24, 2.45) is 0 Å². The van der Waals surface area contributed by atoms with E-state index in [4.69, 9.17) is 4.74 Å². The molecule has 0 bridgehead atoms. The predicted octanol–water partition coefficient (Wildman–Crippen LogP) is 4.58. The normalized spacial score (nSPS) is 23.9. The number of rotatable bonds is 7. The van der Waals surface area contributed by atoms with Crippen LogP contribution < -0.4 is 10.1 Å². The number of likely N-dealkylation sites (tertiary alicyclic amines) is 1. The van der Waals surface area contributed by atoms with Crippen molar-refractivity contribution >= 4 is 22.7 Å². The zero-order valence-corrected chi connectivity index (χ0v) is 22.1. The number of carbonyl (C=O) groups is 2. The van der Waals surface area contributed by atoms with Gasteiger partial charge in [0.25, 0.3) is 5.91 Å². The summed E-state index contributed by atoms with van der Waals surface area (Å²) >= 11 is 0. The number of hydrogen-bond acceptors (Lipinski definition) is 4. The molecule has 1 N–H and O–H groups in total. The Bertz CT molecular complexity index is 1080. The predicted molar refractivity (Wildman–Crippen MR) is 142 cm³/mol. The van der Waals surface area contributed by atoms with Crippen LogP contribution in [0, 0.1) is 0 Å². The Hall–Kier alpha value is -2.54. The largest absolute Gasteiger partial charge is 0.497 e. The topological polar surface area (TPSA) is 66.8 Å². The Kier molecular flexibility index (Phi) is 7.56. The molecule has 0 unspecified atom stereocenters. The van der Waals surface area contributed by atoms with Crippen LogP contribution in [-0.2, 0) is 11.3 Å². The van der Waals surface area contributed by atoms with E-state index in [0.29, 0.717) is 18.8 Å². The van der Waals surface area contributed by atoms with Crippen LogP contribution in [0.1, 0.15) is 81.6 Å². The van der Waals surface area contributed by atoms with Gasteiger partial charge in [-0.1, -0.05) is 32.1 Å². The fraction of sp³-hybridized carbons (Fsp3) is 0.655. The van der Waals surface area contributed by atoms with Gasteiger partial charge in [0.1, 0.15) is 17.0 Å². The molecule has 3 heterocycles. The number of hydrogen-bond donors (Lipinski definition) is 1. The molecule has 2 aromatic rings. The molecule has 7 heteroatoms. The van der Waals surface area contributed by atoms with Gasteiger partial charge in [0, 0.05) is 24.0 Å². The quantitative estimate of drug-likeness (QED) is 0.612. The molecule has 1 aromatic carbocycles. The maximum atomic E-state index is 14.0. The molecule has 1 saturated heterocycles. The average Bonchev–Trinajstić information content (AvgIpc) is 3.05. The maximum Gasteiger partial charge on any atom is 0.271 e. The number of nitrogens with one attached hydrogen (secondary N) is 1. The summed E-state index contributed by atoms with van der Waals surface area (Å²) in [5, 5.41) is 4.34. The number of nitrogens with zero attached hydrogens (tertiary/aromatic N) is 3. The summed E-state index contributed by atoms with van der Waals surface area (Å²) < 4.78 is 7.49. The number of ether oxygens (including phenoxy) is 1. The monoisotopic (exact) mass is 494 g/mol. The number of amides is 2. The van der Waals surface area contributed by atoms with Crippen molar-refractivity contribution in [3.63, 3.8) is 0 Å². The maximum absolute atomic E-state index is 14.0. The first-order chi connectivity index (χ1) is 17.5. The van der Waals surface area contributed by atoms with E-state index >= 15 is 0 Å². The molecule has 2 fully saturated rings. The lowest BCUT2D eigenvalue weighted by molar-refractivity contribution is -0.133. The van der Waals surface area contributed by atoms with E-state index in [9.17, 15) is 9.59 Å². The van der Waals surface area contributed by atoms with E-state index in [-0.39, 0.29) is 17.9 Å². The second-order valence-electron chi connectivity index (χ2n) is 11.2. The van der Waals surface area contributed by atoms with Crippen molar-refractivity contribution in [1.29, 1.82) is 0 Å². The third-order valence-corrected chi connectivity index (χ3v) is 8.62. The molecule has 5 rings (SSSR count). The molecule has 1 atom stereocenters. The number of aromatic nitrogens is 1. The van der Waals surface area contributed by atoms with Gasteiger partial charge in [-0.05, 0) is 76.9 Å². The van der Waals surface area contributed by atoms with Gasteiger partial charge in [0.15, 0.2) is 0 Å². The minimum absolute atomic E-state index is 0.0204. The van der Waals surface area contributed by atoms with Gasteiger partial charge in [0.05, 0.1) is 19.2 Å². The van der Waals surface area contributed by atoms with E-state index in [0.717, 1.165) is 68.4 Å². The second kappa shape index (κ2) is 10.8. The van der Waals surface area contributed by atoms with Crippen LogP contribution in [0.25, 0.3) is 10.9 Å². The van der Waals surface area contributed by atoms with Crippen molar-refractivity contribution in [3.05, 3.63) is 30.0 Å². The van der Waals surface area contributed by atoms with Crippen molar-refractivity contribution in [1.82, 2.24) is 19.7 Å². The summed E-state index contributed by atoms with van der Waals surface area (Å²) in [6.07, 6.45) is 11.6. The van der Waals surface area contributed by atoms with Crippen molar-refractivity contribution < 1.29 is 14.3 Å². The van der Waals surface area contributed by atoms with Crippen molar-refractivity contribution in [2.45, 2.75) is 89.3 Å². The summed E-state index contributed by atoms with van der Waals surface area (Å²) in [5.74, 6) is 0.686. The van der Waals surface area contributed by atoms with E-state index in [1.54, 1.807) is 7.11 Å². The Labute approximate surface area is 215 Å². The summed E-state index contributed by atoms with van der Waals surface area (Å²) in [6, 6.07) is 8.07. The molecule has 0 spiro atoms. The third kappa shape index (κ3) is 4.99. The molecule has 7 nitrogen and oxygen atoms in total. The molecule has 2 amide bonds. The number of benzene rings is 1. The Balaban J connectivity index is 1.42. The van der Waals surface area contributed by atoms with Gasteiger partial charge in [0.2, 0.25) is 5.91 Å². The molecule has 1 aromatic heterocycles. The smallest absolute Gasteiger partial charge is 0.271 e. The Morgan fingerprint density at radius 1 is 1.03 bits per heavy atom. The van der Waals surface area contributed by atoms with Gasteiger partial charge >= 0.3 is 0 Å². The summed E-state index contributed by atoms with van der Waals surface area (Å²) in [5.41, 5.74) is 0.671. The molecule has 0 radical (unpaired) electrons. The summed E-state index contributed by atoms with van der Waals surface area (Å²) in [4.78, 5) is 32.3. The van der Waals surface area contributed by atoms with Crippen LogP contribution in [0.2, 0.25) is 0 Å². The highest BCUT2D eigenvalue weighted by atomic mass is 16.5. The first-order valence-electron chi connectivity index (χ1n) is 14.0. The van der Waals surface area contributed by atoms with E-state index in [2.05, 4.69) is 10.2 Å². The highest BCUT2D eigenvalue weighted by Crippen LogP contribution is 2.34. The number of fused-ring (bicyclic) bond motifs is 3. The minimum Gasteiger partial charge on any atom is -0.497 e. The lowest BCUT2D eigenvalue weighted by Gasteiger charge is -2.45. The molecule has 1 saturated carbocycles. The van der Waals surface area contributed by atoms with Crippen molar-refractivity contribution in [3.8, 4) is 5.75 Å². The first-order valence-corrected chi connectivity index (χ1v) is 14.0. The van der Waals surface area contributed by atoms with E-state index < -0.39 is 5.54 Å². The van der Waals surface area contributed by atoms with Crippen LogP contribution in [0.3, 0.4) is 0 Å². The fourth-order valence-electron chi connectivity index (χ4n) is 6.41. The first kappa shape index (κ1) is 25.1. The third-order valence-electron chi connectivity index (χ3n) is 8.62. The lowest BCUT2D eigenvalue weighted by atomic mass is 9.91. The van der Waals surface area contributed by atoms with Crippen LogP contribution >= 0.6 is 0 Å². The van der Waals surface area contributed by atoms with Gasteiger partial charge < -0.3 is 24.4 Å². The summed E-state index contributed by atoms with van der Waals surface area (Å²) in [6.45, 7) is 6.27. The molecule has 1 aliphatic carbocycles. The zero-order valence-electron chi connectivity index (χ0n) is 22.1. The molecule has 196 valence electrons. The lowest BCUT2D eigenvalue weighted by Crippen LogP contribution is -2.65. The molecular formula is C29H42N4O3. The second-order valence-corrected chi connectivity index (χ2v) is 11.2. The van der Waals surface area contributed by atoms with E-state index in [1.165, 1.54) is 32.1 Å². The minimum atomic E-state index is -0.935.